The van der Waals surface area contributed by atoms with Crippen LogP contribution in [0.4, 0.5) is 8.78 Å². The molecule has 3 aromatic rings. The van der Waals surface area contributed by atoms with Crippen LogP contribution in [0.25, 0.3) is 11.4 Å². The number of halogens is 2. The van der Waals surface area contributed by atoms with Crippen LogP contribution in [0.2, 0.25) is 0 Å². The normalized spacial score (nSPS) is 11.0. The Hall–Kier alpha value is -2.61. The van der Waals surface area contributed by atoms with E-state index in [1.807, 2.05) is 25.1 Å². The molecule has 1 aromatic heterocycles. The molecule has 2 aromatic carbocycles. The molecule has 0 aliphatic rings. The fourth-order valence-corrected chi connectivity index (χ4v) is 3.11. The first kappa shape index (κ1) is 17.2. The Bertz CT molecular complexity index is 852. The molecule has 8 heteroatoms. The van der Waals surface area contributed by atoms with Crippen LogP contribution in [0.5, 0.6) is 5.75 Å². The first-order chi connectivity index (χ1) is 12.0. The van der Waals surface area contributed by atoms with Gasteiger partial charge in [0.1, 0.15) is 5.75 Å². The standard InChI is InChI=1S/C17H16F2N4OS/c1-11-3-2-4-12(9-11)10-25-17-22-21-15(23(17)20)13-5-7-14(8-6-13)24-16(18)19/h2-9,16H,10,20H2,1H3. The van der Waals surface area contributed by atoms with Gasteiger partial charge in [0.2, 0.25) is 5.16 Å². The van der Waals surface area contributed by atoms with E-state index in [9.17, 15) is 8.78 Å². The number of aryl methyl sites for hydroxylation is 1. The minimum atomic E-state index is -2.85. The number of nitrogens with two attached hydrogens (primary N) is 1. The van der Waals surface area contributed by atoms with Gasteiger partial charge in [-0.25, -0.2) is 4.68 Å². The number of alkyl halides is 2. The van der Waals surface area contributed by atoms with Crippen LogP contribution in [-0.2, 0) is 5.75 Å². The number of nitrogens with zero attached hydrogens (tertiary/aromatic N) is 3. The van der Waals surface area contributed by atoms with E-state index in [-0.39, 0.29) is 5.75 Å². The number of benzene rings is 2. The van der Waals surface area contributed by atoms with Gasteiger partial charge in [0, 0.05) is 11.3 Å². The van der Waals surface area contributed by atoms with Gasteiger partial charge in [0.05, 0.1) is 0 Å². The first-order valence-electron chi connectivity index (χ1n) is 7.47. The minimum Gasteiger partial charge on any atom is -0.435 e. The molecule has 25 heavy (non-hydrogen) atoms. The molecule has 2 N–H and O–H groups in total. The summed E-state index contributed by atoms with van der Waals surface area (Å²) in [7, 11) is 0. The maximum Gasteiger partial charge on any atom is 0.387 e. The second-order valence-electron chi connectivity index (χ2n) is 5.36. The van der Waals surface area contributed by atoms with E-state index in [4.69, 9.17) is 5.84 Å². The second-order valence-corrected chi connectivity index (χ2v) is 6.30. The van der Waals surface area contributed by atoms with E-state index in [0.717, 1.165) is 5.75 Å². The molecule has 130 valence electrons. The third-order valence-corrected chi connectivity index (χ3v) is 4.47. The highest BCUT2D eigenvalue weighted by molar-refractivity contribution is 7.98. The van der Waals surface area contributed by atoms with Crippen molar-refractivity contribution in [3.8, 4) is 17.1 Å². The number of rotatable bonds is 6. The second kappa shape index (κ2) is 7.52. The number of hydrogen-bond acceptors (Lipinski definition) is 5. The molecule has 0 spiro atoms. The maximum atomic E-state index is 12.2. The summed E-state index contributed by atoms with van der Waals surface area (Å²) in [6, 6.07) is 14.3. The number of hydrogen-bond donors (Lipinski definition) is 1. The van der Waals surface area contributed by atoms with Gasteiger partial charge in [-0.3, -0.25) is 0 Å². The van der Waals surface area contributed by atoms with Gasteiger partial charge in [-0.05, 0) is 36.8 Å². The molecule has 0 amide bonds. The molecule has 0 fully saturated rings. The predicted molar refractivity (Wildman–Crippen MR) is 93.0 cm³/mol. The van der Waals surface area contributed by atoms with Gasteiger partial charge in [0.15, 0.2) is 5.82 Å². The number of aromatic nitrogens is 3. The molecule has 0 aliphatic carbocycles. The molecule has 0 saturated heterocycles. The van der Waals surface area contributed by atoms with Crippen molar-refractivity contribution < 1.29 is 13.5 Å². The van der Waals surface area contributed by atoms with Gasteiger partial charge in [-0.2, -0.15) is 8.78 Å². The van der Waals surface area contributed by atoms with Crippen LogP contribution in [0.15, 0.2) is 53.7 Å². The van der Waals surface area contributed by atoms with Gasteiger partial charge < -0.3 is 10.6 Å². The molecular formula is C17H16F2N4OS. The third-order valence-electron chi connectivity index (χ3n) is 3.45. The molecule has 0 bridgehead atoms. The highest BCUT2D eigenvalue weighted by atomic mass is 32.2. The summed E-state index contributed by atoms with van der Waals surface area (Å²) in [6.07, 6.45) is 0. The lowest BCUT2D eigenvalue weighted by Crippen LogP contribution is -2.11. The summed E-state index contributed by atoms with van der Waals surface area (Å²) in [5.74, 6) is 7.32. The van der Waals surface area contributed by atoms with Crippen LogP contribution in [0, 0.1) is 6.92 Å². The molecule has 1 heterocycles. The van der Waals surface area contributed by atoms with Crippen molar-refractivity contribution in [1.29, 1.82) is 0 Å². The molecule has 0 unspecified atom stereocenters. The fourth-order valence-electron chi connectivity index (χ4n) is 2.31. The Morgan fingerprint density at radius 1 is 1.16 bits per heavy atom. The summed E-state index contributed by atoms with van der Waals surface area (Å²) in [4.78, 5) is 0. The Labute approximate surface area is 147 Å². The van der Waals surface area contributed by atoms with Crippen molar-refractivity contribution in [3.05, 3.63) is 59.7 Å². The highest BCUT2D eigenvalue weighted by Gasteiger charge is 2.13. The summed E-state index contributed by atoms with van der Waals surface area (Å²) in [5, 5.41) is 8.76. The third kappa shape index (κ3) is 4.27. The van der Waals surface area contributed by atoms with Crippen molar-refractivity contribution in [2.24, 2.45) is 0 Å². The van der Waals surface area contributed by atoms with Gasteiger partial charge >= 0.3 is 6.61 Å². The van der Waals surface area contributed by atoms with Crippen LogP contribution in [0.1, 0.15) is 11.1 Å². The molecule has 0 atom stereocenters. The van der Waals surface area contributed by atoms with Crippen molar-refractivity contribution in [1.82, 2.24) is 14.9 Å². The number of nitrogen functional groups attached to an aromatic ring is 1. The van der Waals surface area contributed by atoms with E-state index in [2.05, 4.69) is 21.0 Å². The monoisotopic (exact) mass is 362 g/mol. The summed E-state index contributed by atoms with van der Waals surface area (Å²) in [5.41, 5.74) is 3.03. The summed E-state index contributed by atoms with van der Waals surface area (Å²) >= 11 is 1.48. The largest absolute Gasteiger partial charge is 0.435 e. The zero-order valence-corrected chi connectivity index (χ0v) is 14.2. The van der Waals surface area contributed by atoms with Crippen LogP contribution < -0.4 is 10.6 Å². The molecule has 3 rings (SSSR count). The number of ether oxygens (including phenoxy) is 1. The molecule has 0 aliphatic heterocycles. The van der Waals surface area contributed by atoms with E-state index in [1.54, 1.807) is 12.1 Å². The lowest BCUT2D eigenvalue weighted by atomic mass is 10.2. The minimum absolute atomic E-state index is 0.0795. The van der Waals surface area contributed by atoms with Crippen LogP contribution in [0.3, 0.4) is 0 Å². The quantitative estimate of drug-likeness (QED) is 0.533. The Morgan fingerprint density at radius 2 is 1.92 bits per heavy atom. The smallest absolute Gasteiger partial charge is 0.387 e. The Balaban J connectivity index is 1.72. The Morgan fingerprint density at radius 3 is 2.60 bits per heavy atom. The topological polar surface area (TPSA) is 66.0 Å². The van der Waals surface area contributed by atoms with Crippen molar-refractivity contribution in [3.63, 3.8) is 0 Å². The maximum absolute atomic E-state index is 12.2. The van der Waals surface area contributed by atoms with Crippen molar-refractivity contribution >= 4 is 11.8 Å². The average molecular weight is 362 g/mol. The predicted octanol–water partition coefficient (Wildman–Crippen LogP) is 3.86. The van der Waals surface area contributed by atoms with E-state index < -0.39 is 6.61 Å². The van der Waals surface area contributed by atoms with Crippen LogP contribution in [-0.4, -0.2) is 21.5 Å². The van der Waals surface area contributed by atoms with E-state index in [1.165, 1.54) is 39.7 Å². The number of thioether (sulfide) groups is 1. The Kier molecular flexibility index (Phi) is 5.18. The lowest BCUT2D eigenvalue weighted by molar-refractivity contribution is -0.0498. The molecule has 0 radical (unpaired) electrons. The molecular weight excluding hydrogens is 346 g/mol. The summed E-state index contributed by atoms with van der Waals surface area (Å²) in [6.45, 7) is -0.812. The van der Waals surface area contributed by atoms with Crippen LogP contribution >= 0.6 is 11.8 Å². The molecule has 5 nitrogen and oxygen atoms in total. The fraction of sp³-hybridized carbons (Fsp3) is 0.176. The summed E-state index contributed by atoms with van der Waals surface area (Å²) < 4.78 is 30.1. The zero-order chi connectivity index (χ0) is 17.8. The molecule has 0 saturated carbocycles. The SMILES string of the molecule is Cc1cccc(CSc2nnc(-c3ccc(OC(F)F)cc3)n2N)c1. The highest BCUT2D eigenvalue weighted by Crippen LogP contribution is 2.26. The zero-order valence-electron chi connectivity index (χ0n) is 13.4. The van der Waals surface area contributed by atoms with Crippen molar-refractivity contribution in [2.45, 2.75) is 24.4 Å². The van der Waals surface area contributed by atoms with E-state index >= 15 is 0 Å². The average Bonchev–Trinajstić information content (AvgIpc) is 2.94. The van der Waals surface area contributed by atoms with Crippen molar-refractivity contribution in [2.75, 3.05) is 5.84 Å². The van der Waals surface area contributed by atoms with Gasteiger partial charge in [-0.1, -0.05) is 41.6 Å². The van der Waals surface area contributed by atoms with Gasteiger partial charge in [-0.15, -0.1) is 10.2 Å². The lowest BCUT2D eigenvalue weighted by Gasteiger charge is -2.06. The first-order valence-corrected chi connectivity index (χ1v) is 8.45. The van der Waals surface area contributed by atoms with E-state index in [0.29, 0.717) is 16.5 Å². The van der Waals surface area contributed by atoms with Gasteiger partial charge in [0.25, 0.3) is 0 Å².